The molecule has 1 heterocycles. The standard InChI is InChI=1S/C18H26N2O5/c1-6-19(7-2)18(22)12-8-16(21)20(11-12)13-9-14(23-3)17(25-5)15(10-13)24-4/h9-10,12H,6-8,11H2,1-5H3/t12-/m0/s1. The number of amides is 2. The lowest BCUT2D eigenvalue weighted by Gasteiger charge is -2.23. The van der Waals surface area contributed by atoms with E-state index in [1.54, 1.807) is 21.9 Å². The molecule has 0 bridgehead atoms. The Morgan fingerprint density at radius 2 is 1.68 bits per heavy atom. The van der Waals surface area contributed by atoms with E-state index in [0.29, 0.717) is 42.6 Å². The minimum absolute atomic E-state index is 0.0216. The van der Waals surface area contributed by atoms with E-state index in [1.165, 1.54) is 21.3 Å². The molecule has 1 aliphatic heterocycles. The number of hydrogen-bond donors (Lipinski definition) is 0. The van der Waals surface area contributed by atoms with Gasteiger partial charge in [0, 0.05) is 38.2 Å². The summed E-state index contributed by atoms with van der Waals surface area (Å²) in [6.07, 6.45) is 0.214. The van der Waals surface area contributed by atoms with E-state index < -0.39 is 0 Å². The zero-order valence-corrected chi connectivity index (χ0v) is 15.5. The van der Waals surface area contributed by atoms with Crippen LogP contribution in [0.1, 0.15) is 20.3 Å². The van der Waals surface area contributed by atoms with Crippen molar-refractivity contribution in [1.29, 1.82) is 0 Å². The van der Waals surface area contributed by atoms with Gasteiger partial charge >= 0.3 is 0 Å². The van der Waals surface area contributed by atoms with E-state index in [-0.39, 0.29) is 24.2 Å². The van der Waals surface area contributed by atoms with Gasteiger partial charge in [-0.15, -0.1) is 0 Å². The van der Waals surface area contributed by atoms with Crippen molar-refractivity contribution in [2.45, 2.75) is 20.3 Å². The fraction of sp³-hybridized carbons (Fsp3) is 0.556. The average Bonchev–Trinajstić information content (AvgIpc) is 3.02. The topological polar surface area (TPSA) is 68.3 Å². The molecule has 0 saturated carbocycles. The van der Waals surface area contributed by atoms with Crippen molar-refractivity contribution in [3.63, 3.8) is 0 Å². The highest BCUT2D eigenvalue weighted by molar-refractivity contribution is 6.00. The van der Waals surface area contributed by atoms with Crippen molar-refractivity contribution >= 4 is 17.5 Å². The first-order chi connectivity index (χ1) is 12.0. The maximum atomic E-state index is 12.6. The summed E-state index contributed by atoms with van der Waals surface area (Å²) in [6, 6.07) is 3.45. The van der Waals surface area contributed by atoms with Crippen LogP contribution in [0.25, 0.3) is 0 Å². The van der Waals surface area contributed by atoms with Crippen LogP contribution in [-0.4, -0.2) is 57.7 Å². The first-order valence-corrected chi connectivity index (χ1v) is 8.39. The predicted octanol–water partition coefficient (Wildman–Crippen LogP) is 1.93. The molecule has 0 aromatic heterocycles. The van der Waals surface area contributed by atoms with Gasteiger partial charge in [0.2, 0.25) is 17.6 Å². The van der Waals surface area contributed by atoms with Crippen molar-refractivity contribution in [2.24, 2.45) is 5.92 Å². The highest BCUT2D eigenvalue weighted by Crippen LogP contribution is 2.42. The largest absolute Gasteiger partial charge is 0.493 e. The second kappa shape index (κ2) is 8.09. The lowest BCUT2D eigenvalue weighted by atomic mass is 10.1. The Balaban J connectivity index is 2.30. The normalized spacial score (nSPS) is 16.8. The summed E-state index contributed by atoms with van der Waals surface area (Å²) in [4.78, 5) is 28.4. The van der Waals surface area contributed by atoms with Gasteiger partial charge in [-0.2, -0.15) is 0 Å². The maximum absolute atomic E-state index is 12.6. The van der Waals surface area contributed by atoms with Gasteiger partial charge in [-0.3, -0.25) is 9.59 Å². The monoisotopic (exact) mass is 350 g/mol. The molecule has 25 heavy (non-hydrogen) atoms. The average molecular weight is 350 g/mol. The maximum Gasteiger partial charge on any atom is 0.227 e. The first-order valence-electron chi connectivity index (χ1n) is 8.39. The predicted molar refractivity (Wildman–Crippen MR) is 94.5 cm³/mol. The number of benzene rings is 1. The molecular formula is C18H26N2O5. The molecule has 1 aliphatic rings. The molecule has 0 radical (unpaired) electrons. The molecular weight excluding hydrogens is 324 g/mol. The summed E-state index contributed by atoms with van der Waals surface area (Å²) >= 11 is 0. The summed E-state index contributed by atoms with van der Waals surface area (Å²) in [7, 11) is 4.58. The Bertz CT molecular complexity index is 617. The van der Waals surface area contributed by atoms with Gasteiger partial charge in [0.15, 0.2) is 11.5 Å². The third-order valence-corrected chi connectivity index (χ3v) is 4.51. The Labute approximate surface area is 148 Å². The number of methoxy groups -OCH3 is 3. The van der Waals surface area contributed by atoms with Crippen LogP contribution in [0.15, 0.2) is 12.1 Å². The van der Waals surface area contributed by atoms with Gasteiger partial charge in [0.25, 0.3) is 0 Å². The van der Waals surface area contributed by atoms with E-state index >= 15 is 0 Å². The van der Waals surface area contributed by atoms with Gasteiger partial charge in [-0.1, -0.05) is 0 Å². The fourth-order valence-corrected chi connectivity index (χ4v) is 3.14. The quantitative estimate of drug-likeness (QED) is 0.752. The Morgan fingerprint density at radius 3 is 2.12 bits per heavy atom. The molecule has 0 unspecified atom stereocenters. The van der Waals surface area contributed by atoms with Crippen molar-refractivity contribution < 1.29 is 23.8 Å². The van der Waals surface area contributed by atoms with Crippen LogP contribution >= 0.6 is 0 Å². The number of carbonyl (C=O) groups excluding carboxylic acids is 2. The van der Waals surface area contributed by atoms with Crippen LogP contribution in [0.3, 0.4) is 0 Å². The summed E-state index contributed by atoms with van der Waals surface area (Å²) in [5.41, 5.74) is 0.634. The molecule has 1 fully saturated rings. The van der Waals surface area contributed by atoms with Gasteiger partial charge < -0.3 is 24.0 Å². The highest BCUT2D eigenvalue weighted by Gasteiger charge is 2.37. The minimum Gasteiger partial charge on any atom is -0.493 e. The van der Waals surface area contributed by atoms with E-state index in [1.807, 2.05) is 13.8 Å². The van der Waals surface area contributed by atoms with Crippen molar-refractivity contribution in [3.05, 3.63) is 12.1 Å². The van der Waals surface area contributed by atoms with E-state index in [9.17, 15) is 9.59 Å². The van der Waals surface area contributed by atoms with Crippen LogP contribution in [-0.2, 0) is 9.59 Å². The minimum atomic E-state index is -0.327. The SMILES string of the molecule is CCN(CC)C(=O)[C@H]1CC(=O)N(c2cc(OC)c(OC)c(OC)c2)C1. The number of carbonyl (C=O) groups is 2. The zero-order chi connectivity index (χ0) is 18.6. The van der Waals surface area contributed by atoms with Crippen LogP contribution < -0.4 is 19.1 Å². The molecule has 2 rings (SSSR count). The van der Waals surface area contributed by atoms with Crippen LogP contribution in [0.2, 0.25) is 0 Å². The van der Waals surface area contributed by atoms with Crippen molar-refractivity contribution in [1.82, 2.24) is 4.90 Å². The van der Waals surface area contributed by atoms with Gasteiger partial charge in [0.1, 0.15) is 0 Å². The van der Waals surface area contributed by atoms with Crippen LogP contribution in [0.5, 0.6) is 17.2 Å². The molecule has 138 valence electrons. The molecule has 7 heteroatoms. The van der Waals surface area contributed by atoms with Crippen LogP contribution in [0.4, 0.5) is 5.69 Å². The molecule has 1 saturated heterocycles. The van der Waals surface area contributed by atoms with Gasteiger partial charge in [-0.25, -0.2) is 0 Å². The Morgan fingerprint density at radius 1 is 1.12 bits per heavy atom. The lowest BCUT2D eigenvalue weighted by Crippen LogP contribution is -2.37. The molecule has 1 atom stereocenters. The Hall–Kier alpha value is -2.44. The number of anilines is 1. The summed E-state index contributed by atoms with van der Waals surface area (Å²) < 4.78 is 16.0. The number of rotatable bonds is 7. The third-order valence-electron chi connectivity index (χ3n) is 4.51. The lowest BCUT2D eigenvalue weighted by molar-refractivity contribution is -0.135. The number of hydrogen-bond acceptors (Lipinski definition) is 5. The fourth-order valence-electron chi connectivity index (χ4n) is 3.14. The van der Waals surface area contributed by atoms with Gasteiger partial charge in [-0.05, 0) is 13.8 Å². The number of nitrogens with zero attached hydrogens (tertiary/aromatic N) is 2. The molecule has 2 amide bonds. The third kappa shape index (κ3) is 3.65. The molecule has 1 aromatic rings. The first kappa shape index (κ1) is 18.9. The van der Waals surface area contributed by atoms with E-state index in [0.717, 1.165) is 0 Å². The summed E-state index contributed by atoms with van der Waals surface area (Å²) in [5.74, 6) is 1.03. The second-order valence-corrected chi connectivity index (χ2v) is 5.80. The van der Waals surface area contributed by atoms with E-state index in [4.69, 9.17) is 14.2 Å². The molecule has 1 aromatic carbocycles. The van der Waals surface area contributed by atoms with Gasteiger partial charge in [0.05, 0.1) is 32.9 Å². The molecule has 0 N–H and O–H groups in total. The Kier molecular flexibility index (Phi) is 6.12. The molecule has 7 nitrogen and oxygen atoms in total. The molecule has 0 aliphatic carbocycles. The zero-order valence-electron chi connectivity index (χ0n) is 15.5. The van der Waals surface area contributed by atoms with Crippen LogP contribution in [0, 0.1) is 5.92 Å². The second-order valence-electron chi connectivity index (χ2n) is 5.80. The van der Waals surface area contributed by atoms with Crippen molar-refractivity contribution in [3.8, 4) is 17.2 Å². The smallest absolute Gasteiger partial charge is 0.227 e. The van der Waals surface area contributed by atoms with Crippen molar-refractivity contribution in [2.75, 3.05) is 45.9 Å². The molecule has 0 spiro atoms. The summed E-state index contributed by atoms with van der Waals surface area (Å²) in [6.45, 7) is 5.52. The highest BCUT2D eigenvalue weighted by atomic mass is 16.5. The number of ether oxygens (including phenoxy) is 3. The summed E-state index contributed by atoms with van der Waals surface area (Å²) in [5, 5.41) is 0. The van der Waals surface area contributed by atoms with E-state index in [2.05, 4.69) is 0 Å².